The van der Waals surface area contributed by atoms with E-state index in [-0.39, 0.29) is 25.5 Å². The van der Waals surface area contributed by atoms with Crippen LogP contribution in [0.4, 0.5) is 10.1 Å². The summed E-state index contributed by atoms with van der Waals surface area (Å²) in [5.74, 6) is -1.38. The van der Waals surface area contributed by atoms with Crippen molar-refractivity contribution in [2.45, 2.75) is 26.4 Å². The van der Waals surface area contributed by atoms with Crippen molar-refractivity contribution in [1.82, 2.24) is 15.2 Å². The van der Waals surface area contributed by atoms with Crippen LogP contribution in [0, 0.1) is 11.3 Å². The van der Waals surface area contributed by atoms with Crippen molar-refractivity contribution in [3.8, 4) is 0 Å². The molecule has 1 unspecified atom stereocenters. The Hall–Kier alpha value is -2.22. The highest BCUT2D eigenvalue weighted by molar-refractivity contribution is 5.95. The third-order valence-electron chi connectivity index (χ3n) is 4.86. The SMILES string of the molecule is CC(CF)C(=O)NCC1(C(C)(C)O)CN(C(=O)c2cncc(N)c2)C1. The highest BCUT2D eigenvalue weighted by Gasteiger charge is 2.54. The molecule has 1 aliphatic rings. The maximum Gasteiger partial charge on any atom is 0.255 e. The lowest BCUT2D eigenvalue weighted by atomic mass is 9.67. The third kappa shape index (κ3) is 3.89. The molecule has 1 aromatic rings. The normalized spacial score (nSPS) is 17.6. The zero-order valence-corrected chi connectivity index (χ0v) is 14.8. The van der Waals surface area contributed by atoms with E-state index < -0.39 is 29.5 Å². The van der Waals surface area contributed by atoms with Crippen molar-refractivity contribution < 1.29 is 19.1 Å². The van der Waals surface area contributed by atoms with E-state index in [2.05, 4.69) is 10.3 Å². The summed E-state index contributed by atoms with van der Waals surface area (Å²) in [5, 5.41) is 13.2. The van der Waals surface area contributed by atoms with Gasteiger partial charge < -0.3 is 21.1 Å². The zero-order valence-electron chi connectivity index (χ0n) is 14.8. The van der Waals surface area contributed by atoms with Crippen molar-refractivity contribution in [1.29, 1.82) is 0 Å². The number of nitrogen functional groups attached to an aromatic ring is 1. The second-order valence-corrected chi connectivity index (χ2v) is 7.28. The standard InChI is InChI=1S/C17H25FN4O3/c1-11(5-18)14(23)21-8-17(16(2,3)25)9-22(10-17)15(24)12-4-13(19)7-20-6-12/h4,6-7,11,25H,5,8-10,19H2,1-3H3,(H,21,23). The van der Waals surface area contributed by atoms with Crippen LogP contribution in [0.15, 0.2) is 18.5 Å². The summed E-state index contributed by atoms with van der Waals surface area (Å²) in [5.41, 5.74) is 4.61. The summed E-state index contributed by atoms with van der Waals surface area (Å²) < 4.78 is 12.6. The summed E-state index contributed by atoms with van der Waals surface area (Å²) in [6, 6.07) is 1.55. The first kappa shape index (κ1) is 19.1. The van der Waals surface area contributed by atoms with Gasteiger partial charge in [-0.05, 0) is 19.9 Å². The number of pyridine rings is 1. The third-order valence-corrected chi connectivity index (χ3v) is 4.86. The van der Waals surface area contributed by atoms with Crippen LogP contribution >= 0.6 is 0 Å². The monoisotopic (exact) mass is 352 g/mol. The van der Waals surface area contributed by atoms with Crippen LogP contribution in [0.3, 0.4) is 0 Å². The number of carbonyl (C=O) groups excluding carboxylic acids is 2. The van der Waals surface area contributed by atoms with Gasteiger partial charge in [0.25, 0.3) is 5.91 Å². The number of rotatable bonds is 6. The lowest BCUT2D eigenvalue weighted by Gasteiger charge is -2.56. The summed E-state index contributed by atoms with van der Waals surface area (Å²) in [7, 11) is 0. The molecule has 2 heterocycles. The van der Waals surface area contributed by atoms with Gasteiger partial charge in [0.05, 0.1) is 28.2 Å². The van der Waals surface area contributed by atoms with Gasteiger partial charge >= 0.3 is 0 Å². The van der Waals surface area contributed by atoms with E-state index in [1.54, 1.807) is 24.8 Å². The van der Waals surface area contributed by atoms with Gasteiger partial charge in [-0.1, -0.05) is 6.92 Å². The highest BCUT2D eigenvalue weighted by Crippen LogP contribution is 2.40. The number of nitrogens with two attached hydrogens (primary N) is 1. The second-order valence-electron chi connectivity index (χ2n) is 7.28. The number of hydrogen-bond acceptors (Lipinski definition) is 5. The minimum Gasteiger partial charge on any atom is -0.397 e. The first-order chi connectivity index (χ1) is 11.6. The quantitative estimate of drug-likeness (QED) is 0.695. The molecule has 0 bridgehead atoms. The van der Waals surface area contributed by atoms with Crippen molar-refractivity contribution in [3.05, 3.63) is 24.0 Å². The van der Waals surface area contributed by atoms with Crippen molar-refractivity contribution in [2.24, 2.45) is 11.3 Å². The molecule has 25 heavy (non-hydrogen) atoms. The first-order valence-corrected chi connectivity index (χ1v) is 8.15. The summed E-state index contributed by atoms with van der Waals surface area (Å²) >= 11 is 0. The molecular formula is C17H25FN4O3. The molecule has 7 nitrogen and oxygen atoms in total. The van der Waals surface area contributed by atoms with Crippen LogP contribution in [0.25, 0.3) is 0 Å². The number of halogens is 1. The van der Waals surface area contributed by atoms with E-state index in [1.807, 2.05) is 0 Å². The van der Waals surface area contributed by atoms with Crippen molar-refractivity contribution in [2.75, 3.05) is 32.0 Å². The van der Waals surface area contributed by atoms with Crippen LogP contribution < -0.4 is 11.1 Å². The lowest BCUT2D eigenvalue weighted by Crippen LogP contribution is -2.70. The number of aliphatic hydroxyl groups is 1. The first-order valence-electron chi connectivity index (χ1n) is 8.15. The van der Waals surface area contributed by atoms with E-state index in [9.17, 15) is 19.1 Å². The molecule has 1 aliphatic heterocycles. The van der Waals surface area contributed by atoms with Gasteiger partial charge in [0, 0.05) is 32.0 Å². The summed E-state index contributed by atoms with van der Waals surface area (Å²) in [6.45, 7) is 4.74. The largest absolute Gasteiger partial charge is 0.397 e. The highest BCUT2D eigenvalue weighted by atomic mass is 19.1. The van der Waals surface area contributed by atoms with Crippen LogP contribution in [-0.4, -0.2) is 58.7 Å². The molecule has 0 spiro atoms. The maximum absolute atomic E-state index is 12.6. The average Bonchev–Trinajstić information content (AvgIpc) is 2.51. The molecule has 1 saturated heterocycles. The minimum atomic E-state index is -1.12. The maximum atomic E-state index is 12.6. The van der Waals surface area contributed by atoms with E-state index in [0.717, 1.165) is 0 Å². The van der Waals surface area contributed by atoms with E-state index in [4.69, 9.17) is 5.73 Å². The average molecular weight is 352 g/mol. The Labute approximate surface area is 146 Å². The Morgan fingerprint density at radius 2 is 2.12 bits per heavy atom. The van der Waals surface area contributed by atoms with Gasteiger partial charge in [-0.2, -0.15) is 0 Å². The number of amides is 2. The summed E-state index contributed by atoms with van der Waals surface area (Å²) in [6.07, 6.45) is 2.89. The van der Waals surface area contributed by atoms with Crippen LogP contribution in [-0.2, 0) is 4.79 Å². The Morgan fingerprint density at radius 3 is 2.64 bits per heavy atom. The van der Waals surface area contributed by atoms with Gasteiger partial charge in [0.1, 0.15) is 6.67 Å². The number of hydrogen-bond donors (Lipinski definition) is 3. The van der Waals surface area contributed by atoms with Gasteiger partial charge in [-0.3, -0.25) is 19.0 Å². The van der Waals surface area contributed by atoms with Crippen molar-refractivity contribution >= 4 is 17.5 Å². The number of aromatic nitrogens is 1. The fraction of sp³-hybridized carbons (Fsp3) is 0.588. The minimum absolute atomic E-state index is 0.165. The number of alkyl halides is 1. The zero-order chi connectivity index (χ0) is 18.8. The predicted molar refractivity (Wildman–Crippen MR) is 91.4 cm³/mol. The number of nitrogens with one attached hydrogen (secondary N) is 1. The second kappa shape index (κ2) is 6.95. The Morgan fingerprint density at radius 1 is 1.48 bits per heavy atom. The molecule has 0 saturated carbocycles. The smallest absolute Gasteiger partial charge is 0.255 e. The van der Waals surface area contributed by atoms with Crippen LogP contribution in [0.1, 0.15) is 31.1 Å². The molecule has 2 amide bonds. The Kier molecular flexibility index (Phi) is 5.31. The fourth-order valence-electron chi connectivity index (χ4n) is 2.80. The van der Waals surface area contributed by atoms with E-state index in [1.165, 1.54) is 19.3 Å². The number of anilines is 1. The Balaban J connectivity index is 2.05. The molecule has 0 aromatic carbocycles. The molecule has 1 atom stereocenters. The molecule has 0 aliphatic carbocycles. The van der Waals surface area contributed by atoms with Crippen LogP contribution in [0.2, 0.25) is 0 Å². The lowest BCUT2D eigenvalue weighted by molar-refractivity contribution is -0.138. The molecule has 1 fully saturated rings. The summed E-state index contributed by atoms with van der Waals surface area (Å²) in [4.78, 5) is 29.8. The van der Waals surface area contributed by atoms with E-state index >= 15 is 0 Å². The number of carbonyl (C=O) groups is 2. The molecular weight excluding hydrogens is 327 g/mol. The van der Waals surface area contributed by atoms with Gasteiger partial charge in [-0.15, -0.1) is 0 Å². The molecule has 138 valence electrons. The molecule has 0 radical (unpaired) electrons. The predicted octanol–water partition coefficient (Wildman–Crippen LogP) is 0.599. The topological polar surface area (TPSA) is 109 Å². The van der Waals surface area contributed by atoms with Crippen molar-refractivity contribution in [3.63, 3.8) is 0 Å². The molecule has 4 N–H and O–H groups in total. The van der Waals surface area contributed by atoms with E-state index in [0.29, 0.717) is 11.3 Å². The molecule has 2 rings (SSSR count). The molecule has 1 aromatic heterocycles. The van der Waals surface area contributed by atoms with Gasteiger partial charge in [-0.25, -0.2) is 0 Å². The Bertz CT molecular complexity index is 654. The molecule has 8 heteroatoms. The number of nitrogens with zero attached hydrogens (tertiary/aromatic N) is 2. The van der Waals surface area contributed by atoms with Crippen LogP contribution in [0.5, 0.6) is 0 Å². The number of likely N-dealkylation sites (tertiary alicyclic amines) is 1. The fourth-order valence-corrected chi connectivity index (χ4v) is 2.80. The van der Waals surface area contributed by atoms with Gasteiger partial charge in [0.15, 0.2) is 0 Å². The van der Waals surface area contributed by atoms with Gasteiger partial charge in [0.2, 0.25) is 5.91 Å².